The van der Waals surface area contributed by atoms with Crippen LogP contribution in [0.25, 0.3) is 22.0 Å². The molecular weight excluding hydrogens is 224 g/mol. The van der Waals surface area contributed by atoms with Crippen LogP contribution >= 0.6 is 0 Å². The highest BCUT2D eigenvalue weighted by molar-refractivity contribution is 5.87. The second-order valence-corrected chi connectivity index (χ2v) is 4.24. The quantitative estimate of drug-likeness (QED) is 0.706. The van der Waals surface area contributed by atoms with Crippen molar-refractivity contribution >= 4 is 10.9 Å². The zero-order chi connectivity index (χ0) is 12.5. The van der Waals surface area contributed by atoms with E-state index in [1.54, 1.807) is 12.4 Å². The van der Waals surface area contributed by atoms with Gasteiger partial charge in [0, 0.05) is 28.9 Å². The Hall–Kier alpha value is -2.42. The molecule has 0 atom stereocenters. The predicted molar refractivity (Wildman–Crippen MR) is 72.5 cm³/mol. The van der Waals surface area contributed by atoms with E-state index in [4.69, 9.17) is 0 Å². The van der Waals surface area contributed by atoms with Crippen LogP contribution in [0.5, 0.6) is 0 Å². The minimum atomic E-state index is -0.0702. The third kappa shape index (κ3) is 1.61. The Labute approximate surface area is 104 Å². The molecule has 0 amide bonds. The normalized spacial score (nSPS) is 10.7. The number of pyridine rings is 2. The van der Waals surface area contributed by atoms with E-state index in [9.17, 15) is 4.79 Å². The molecule has 1 N–H and O–H groups in total. The fraction of sp³-hybridized carbons (Fsp3) is 0.0667. The summed E-state index contributed by atoms with van der Waals surface area (Å²) in [6.45, 7) is 1.97. The molecule has 2 aromatic heterocycles. The maximum absolute atomic E-state index is 12.2. The zero-order valence-electron chi connectivity index (χ0n) is 9.97. The number of rotatable bonds is 1. The van der Waals surface area contributed by atoms with Crippen molar-refractivity contribution in [2.45, 2.75) is 6.92 Å². The van der Waals surface area contributed by atoms with Gasteiger partial charge in [0.25, 0.3) is 5.56 Å². The molecule has 0 saturated carbocycles. The predicted octanol–water partition coefficient (Wildman–Crippen LogP) is 2.90. The Morgan fingerprint density at radius 1 is 1.11 bits per heavy atom. The van der Waals surface area contributed by atoms with Crippen molar-refractivity contribution in [3.8, 4) is 11.1 Å². The summed E-state index contributed by atoms with van der Waals surface area (Å²) in [6, 6.07) is 11.6. The van der Waals surface area contributed by atoms with E-state index >= 15 is 0 Å². The average molecular weight is 236 g/mol. The highest BCUT2D eigenvalue weighted by Gasteiger charge is 2.10. The van der Waals surface area contributed by atoms with Crippen LogP contribution in [0.2, 0.25) is 0 Å². The Bertz CT molecular complexity index is 760. The van der Waals surface area contributed by atoms with E-state index in [0.29, 0.717) is 5.56 Å². The molecule has 0 fully saturated rings. The number of para-hydroxylation sites is 1. The van der Waals surface area contributed by atoms with Gasteiger partial charge in [-0.3, -0.25) is 9.78 Å². The lowest BCUT2D eigenvalue weighted by Gasteiger charge is -2.08. The monoisotopic (exact) mass is 236 g/mol. The molecule has 3 rings (SSSR count). The number of fused-ring (bicyclic) bond motifs is 1. The molecular formula is C15H12N2O. The van der Waals surface area contributed by atoms with E-state index in [2.05, 4.69) is 9.97 Å². The maximum Gasteiger partial charge on any atom is 0.256 e. The molecule has 18 heavy (non-hydrogen) atoms. The van der Waals surface area contributed by atoms with Gasteiger partial charge in [-0.05, 0) is 24.6 Å². The summed E-state index contributed by atoms with van der Waals surface area (Å²) in [4.78, 5) is 19.2. The van der Waals surface area contributed by atoms with Crippen molar-refractivity contribution in [1.82, 2.24) is 9.97 Å². The fourth-order valence-corrected chi connectivity index (χ4v) is 2.27. The van der Waals surface area contributed by atoms with Crippen molar-refractivity contribution in [3.63, 3.8) is 0 Å². The highest BCUT2D eigenvalue weighted by atomic mass is 16.1. The summed E-state index contributed by atoms with van der Waals surface area (Å²) in [5, 5.41) is 1.07. The molecule has 0 radical (unpaired) electrons. The van der Waals surface area contributed by atoms with Gasteiger partial charge in [-0.2, -0.15) is 0 Å². The minimum Gasteiger partial charge on any atom is -0.321 e. The zero-order valence-corrected chi connectivity index (χ0v) is 9.97. The van der Waals surface area contributed by atoms with Crippen molar-refractivity contribution in [2.75, 3.05) is 0 Å². The first-order valence-corrected chi connectivity index (χ1v) is 5.79. The van der Waals surface area contributed by atoms with E-state index in [-0.39, 0.29) is 5.56 Å². The third-order valence-corrected chi connectivity index (χ3v) is 3.13. The molecule has 0 bridgehead atoms. The van der Waals surface area contributed by atoms with Crippen LogP contribution in [0.3, 0.4) is 0 Å². The van der Waals surface area contributed by atoms with Gasteiger partial charge in [-0.25, -0.2) is 0 Å². The van der Waals surface area contributed by atoms with Gasteiger partial charge in [0.2, 0.25) is 0 Å². The van der Waals surface area contributed by atoms with Gasteiger partial charge >= 0.3 is 0 Å². The molecule has 3 heteroatoms. The number of hydrogen-bond acceptors (Lipinski definition) is 2. The number of aromatic amines is 1. The van der Waals surface area contributed by atoms with Crippen LogP contribution in [-0.4, -0.2) is 9.97 Å². The van der Waals surface area contributed by atoms with Gasteiger partial charge in [-0.1, -0.05) is 24.3 Å². The average Bonchev–Trinajstić information content (AvgIpc) is 2.40. The van der Waals surface area contributed by atoms with Gasteiger partial charge < -0.3 is 4.98 Å². The lowest BCUT2D eigenvalue weighted by molar-refractivity contribution is 1.26. The minimum absolute atomic E-state index is 0.0702. The molecule has 0 aliphatic heterocycles. The number of H-pyrrole nitrogens is 1. The lowest BCUT2D eigenvalue weighted by atomic mass is 10.00. The van der Waals surface area contributed by atoms with E-state index in [1.165, 1.54) is 0 Å². The Morgan fingerprint density at radius 2 is 1.94 bits per heavy atom. The summed E-state index contributed by atoms with van der Waals surface area (Å²) in [5.74, 6) is 0. The van der Waals surface area contributed by atoms with Crippen molar-refractivity contribution < 1.29 is 0 Å². The molecule has 2 heterocycles. The molecule has 0 spiro atoms. The summed E-state index contributed by atoms with van der Waals surface area (Å²) < 4.78 is 0. The largest absolute Gasteiger partial charge is 0.321 e. The van der Waals surface area contributed by atoms with Crippen LogP contribution < -0.4 is 5.56 Å². The SMILES string of the molecule is Cc1c(-c2cccnc2)c(=O)[nH]c2ccccc12. The Balaban J connectivity index is 2.41. The van der Waals surface area contributed by atoms with Crippen LogP contribution in [0, 0.1) is 6.92 Å². The first kappa shape index (κ1) is 10.7. The molecule has 0 aliphatic rings. The Morgan fingerprint density at radius 3 is 2.72 bits per heavy atom. The van der Waals surface area contributed by atoms with Gasteiger partial charge in [0.1, 0.15) is 0 Å². The highest BCUT2D eigenvalue weighted by Crippen LogP contribution is 2.24. The molecule has 3 aromatic rings. The van der Waals surface area contributed by atoms with Gasteiger partial charge in [-0.15, -0.1) is 0 Å². The summed E-state index contributed by atoms with van der Waals surface area (Å²) in [5.41, 5.74) is 3.33. The number of benzene rings is 1. The summed E-state index contributed by atoms with van der Waals surface area (Å²) in [7, 11) is 0. The van der Waals surface area contributed by atoms with Gasteiger partial charge in [0.15, 0.2) is 0 Å². The summed E-state index contributed by atoms with van der Waals surface area (Å²) in [6.07, 6.45) is 3.42. The number of aromatic nitrogens is 2. The van der Waals surface area contributed by atoms with Crippen LogP contribution in [0.1, 0.15) is 5.56 Å². The van der Waals surface area contributed by atoms with E-state index in [0.717, 1.165) is 22.0 Å². The third-order valence-electron chi connectivity index (χ3n) is 3.13. The van der Waals surface area contributed by atoms with Crippen molar-refractivity contribution in [2.24, 2.45) is 0 Å². The maximum atomic E-state index is 12.2. The van der Waals surface area contributed by atoms with Crippen molar-refractivity contribution in [1.29, 1.82) is 0 Å². The summed E-state index contributed by atoms with van der Waals surface area (Å²) >= 11 is 0. The molecule has 1 aromatic carbocycles. The van der Waals surface area contributed by atoms with E-state index in [1.807, 2.05) is 43.3 Å². The second-order valence-electron chi connectivity index (χ2n) is 4.24. The van der Waals surface area contributed by atoms with Crippen LogP contribution in [0.15, 0.2) is 53.6 Å². The first-order valence-electron chi connectivity index (χ1n) is 5.79. The Kier molecular flexibility index (Phi) is 2.45. The first-order chi connectivity index (χ1) is 8.77. The molecule has 3 nitrogen and oxygen atoms in total. The topological polar surface area (TPSA) is 45.8 Å². The van der Waals surface area contributed by atoms with Crippen molar-refractivity contribution in [3.05, 3.63) is 64.7 Å². The lowest BCUT2D eigenvalue weighted by Crippen LogP contribution is -2.11. The fourth-order valence-electron chi connectivity index (χ4n) is 2.27. The van der Waals surface area contributed by atoms with Crippen LogP contribution in [0.4, 0.5) is 0 Å². The molecule has 0 saturated heterocycles. The van der Waals surface area contributed by atoms with E-state index < -0.39 is 0 Å². The molecule has 0 unspecified atom stereocenters. The number of hydrogen-bond donors (Lipinski definition) is 1. The van der Waals surface area contributed by atoms with Crippen LogP contribution in [-0.2, 0) is 0 Å². The smallest absolute Gasteiger partial charge is 0.256 e. The molecule has 0 aliphatic carbocycles. The number of nitrogens with zero attached hydrogens (tertiary/aromatic N) is 1. The molecule has 88 valence electrons. The number of aryl methyl sites for hydroxylation is 1. The standard InChI is InChI=1S/C15H12N2O/c1-10-12-6-2-3-7-13(12)17-15(18)14(10)11-5-4-8-16-9-11/h2-9H,1H3,(H,17,18). The second kappa shape index (κ2) is 4.11. The number of nitrogens with one attached hydrogen (secondary N) is 1. The van der Waals surface area contributed by atoms with Gasteiger partial charge in [0.05, 0.1) is 5.56 Å².